The number of nitrogens with one attached hydrogen (secondary N) is 1. The Labute approximate surface area is 214 Å². The maximum Gasteiger partial charge on any atom is 0.573 e. The molecule has 3 aromatic rings. The molecule has 1 N–H and O–H groups in total. The van der Waals surface area contributed by atoms with Gasteiger partial charge in [-0.1, -0.05) is 6.07 Å². The minimum Gasteiger partial charge on any atom is -0.444 e. The number of hydrogen-bond donors (Lipinski definition) is 1. The highest BCUT2D eigenvalue weighted by Gasteiger charge is 2.44. The van der Waals surface area contributed by atoms with Gasteiger partial charge in [-0.3, -0.25) is 4.57 Å². The van der Waals surface area contributed by atoms with Gasteiger partial charge in [-0.15, -0.1) is 13.2 Å². The largest absolute Gasteiger partial charge is 0.573 e. The molecule has 0 amide bonds. The number of halogens is 3. The molecule has 0 aliphatic carbocycles. The van der Waals surface area contributed by atoms with Gasteiger partial charge in [-0.05, 0) is 47.2 Å². The van der Waals surface area contributed by atoms with E-state index in [-0.39, 0.29) is 35.7 Å². The van der Waals surface area contributed by atoms with E-state index in [1.54, 1.807) is 16.7 Å². The lowest BCUT2D eigenvalue weighted by Gasteiger charge is -2.36. The van der Waals surface area contributed by atoms with Crippen molar-refractivity contribution in [1.82, 2.24) is 19.9 Å². The number of ether oxygens (including phenoxy) is 2. The maximum absolute atomic E-state index is 12.4. The van der Waals surface area contributed by atoms with Crippen molar-refractivity contribution in [3.05, 3.63) is 64.5 Å². The maximum atomic E-state index is 12.4. The second kappa shape index (κ2) is 9.35. The summed E-state index contributed by atoms with van der Waals surface area (Å²) in [5, 5.41) is 14.3. The Balaban J connectivity index is 1.01. The summed E-state index contributed by atoms with van der Waals surface area (Å²) in [5.41, 5.74) is 1.88. The Morgan fingerprint density at radius 1 is 1.11 bits per heavy atom. The number of pyridine rings is 1. The molecule has 11 nitrogen and oxygen atoms in total. The summed E-state index contributed by atoms with van der Waals surface area (Å²) < 4.78 is 48.4. The van der Waals surface area contributed by atoms with Crippen LogP contribution in [0, 0.1) is 10.1 Å². The van der Waals surface area contributed by atoms with E-state index in [9.17, 15) is 23.3 Å². The molecule has 0 radical (unpaired) electrons. The quantitative estimate of drug-likeness (QED) is 0.363. The highest BCUT2D eigenvalue weighted by atomic mass is 19.4. The minimum absolute atomic E-state index is 0.0228. The Morgan fingerprint density at radius 3 is 2.53 bits per heavy atom. The first-order valence-corrected chi connectivity index (χ1v) is 12.1. The monoisotopic (exact) mass is 531 g/mol. The number of benzene rings is 1. The van der Waals surface area contributed by atoms with Gasteiger partial charge in [0.1, 0.15) is 24.4 Å². The zero-order valence-corrected chi connectivity index (χ0v) is 20.0. The summed E-state index contributed by atoms with van der Waals surface area (Å²) in [5.74, 6) is 0.441. The van der Waals surface area contributed by atoms with E-state index in [2.05, 4.69) is 29.8 Å². The molecule has 14 heteroatoms. The third kappa shape index (κ3) is 4.90. The number of anilines is 2. The van der Waals surface area contributed by atoms with Crippen molar-refractivity contribution in [2.75, 3.05) is 29.5 Å². The molecular weight excluding hydrogens is 507 g/mol. The number of rotatable bonds is 7. The second-order valence-corrected chi connectivity index (χ2v) is 9.59. The smallest absolute Gasteiger partial charge is 0.444 e. The van der Waals surface area contributed by atoms with E-state index < -0.39 is 11.3 Å². The Morgan fingerprint density at radius 2 is 1.87 bits per heavy atom. The minimum atomic E-state index is -4.70. The van der Waals surface area contributed by atoms with Crippen LogP contribution in [0.3, 0.4) is 0 Å². The third-order valence-electron chi connectivity index (χ3n) is 7.09. The molecule has 3 aliphatic rings. The summed E-state index contributed by atoms with van der Waals surface area (Å²) in [4.78, 5) is 23.4. The average Bonchev–Trinajstić information content (AvgIpc) is 3.61. The van der Waals surface area contributed by atoms with Crippen LogP contribution < -0.4 is 24.6 Å². The lowest BCUT2D eigenvalue weighted by Crippen LogP contribution is -2.46. The lowest BCUT2D eigenvalue weighted by atomic mass is 10.2. The number of alkyl halides is 3. The molecule has 6 rings (SSSR count). The Bertz CT molecular complexity index is 1320. The summed E-state index contributed by atoms with van der Waals surface area (Å²) in [6.45, 7) is 3.01. The van der Waals surface area contributed by atoms with Crippen LogP contribution in [0.5, 0.6) is 11.8 Å². The van der Waals surface area contributed by atoms with Gasteiger partial charge < -0.3 is 34.7 Å². The molecular formula is C24H24F3N7O4. The van der Waals surface area contributed by atoms with Crippen LogP contribution in [0.2, 0.25) is 0 Å². The van der Waals surface area contributed by atoms with Gasteiger partial charge in [0.05, 0.1) is 12.1 Å². The number of aromatic nitrogens is 3. The van der Waals surface area contributed by atoms with Gasteiger partial charge in [0.25, 0.3) is 0 Å². The molecule has 3 atom stereocenters. The van der Waals surface area contributed by atoms with Gasteiger partial charge >= 0.3 is 18.2 Å². The molecule has 2 aromatic heterocycles. The molecule has 1 aromatic carbocycles. The predicted molar refractivity (Wildman–Crippen MR) is 129 cm³/mol. The van der Waals surface area contributed by atoms with Crippen molar-refractivity contribution in [2.24, 2.45) is 0 Å². The fourth-order valence-electron chi connectivity index (χ4n) is 5.36. The molecule has 3 aliphatic heterocycles. The van der Waals surface area contributed by atoms with Crippen LogP contribution >= 0.6 is 0 Å². The molecule has 5 heterocycles. The van der Waals surface area contributed by atoms with E-state index in [0.717, 1.165) is 36.6 Å². The molecule has 2 unspecified atom stereocenters. The number of piperazine rings is 1. The topological polar surface area (TPSA) is 111 Å². The Hall–Kier alpha value is -4.07. The van der Waals surface area contributed by atoms with E-state index >= 15 is 0 Å². The van der Waals surface area contributed by atoms with Gasteiger partial charge in [-0.25, -0.2) is 4.98 Å². The van der Waals surface area contributed by atoms with Crippen LogP contribution in [-0.4, -0.2) is 63.6 Å². The lowest BCUT2D eigenvalue weighted by molar-refractivity contribution is -0.389. The van der Waals surface area contributed by atoms with E-state index in [1.165, 1.54) is 18.3 Å². The summed E-state index contributed by atoms with van der Waals surface area (Å²) >= 11 is 0. The summed E-state index contributed by atoms with van der Waals surface area (Å²) in [6, 6.07) is 10.8. The molecule has 2 bridgehead atoms. The third-order valence-corrected chi connectivity index (χ3v) is 7.09. The standard InChI is InChI=1S/C24H24F3N7O4/c25-24(26,27)38-20-4-2-17(3-5-20)32-11-19-7-18(32)12-33(19)21-6-1-15(9-29-21)8-28-16-10-31-13-22(34(35)36)30-23(31)37-14-16/h1-6,9,13,16,18-19,28H,7-8,10-12,14H2/t16-,18?,19?/m0/s1. The number of imidazole rings is 1. The highest BCUT2D eigenvalue weighted by Crippen LogP contribution is 2.37. The summed E-state index contributed by atoms with van der Waals surface area (Å²) in [6.07, 6.45) is -0.528. The number of nitro groups is 1. The number of nitrogens with zero attached hydrogens (tertiary/aromatic N) is 6. The van der Waals surface area contributed by atoms with Crippen LogP contribution in [0.25, 0.3) is 0 Å². The normalized spacial score (nSPS) is 22.3. The van der Waals surface area contributed by atoms with Crippen molar-refractivity contribution in [1.29, 1.82) is 0 Å². The van der Waals surface area contributed by atoms with Gasteiger partial charge in [0.15, 0.2) is 0 Å². The van der Waals surface area contributed by atoms with Crippen molar-refractivity contribution in [3.8, 4) is 11.8 Å². The first kappa shape index (κ1) is 24.3. The van der Waals surface area contributed by atoms with E-state index in [1.807, 2.05) is 18.3 Å². The molecule has 38 heavy (non-hydrogen) atoms. The number of fused-ring (bicyclic) bond motifs is 3. The van der Waals surface area contributed by atoms with Crippen LogP contribution in [0.15, 0.2) is 48.8 Å². The van der Waals surface area contributed by atoms with Gasteiger partial charge in [-0.2, -0.15) is 0 Å². The molecule has 0 spiro atoms. The van der Waals surface area contributed by atoms with Gasteiger partial charge in [0.2, 0.25) is 0 Å². The molecule has 2 fully saturated rings. The average molecular weight is 531 g/mol. The molecule has 2 saturated heterocycles. The predicted octanol–water partition coefficient (Wildman–Crippen LogP) is 3.10. The van der Waals surface area contributed by atoms with E-state index in [4.69, 9.17) is 4.74 Å². The first-order chi connectivity index (χ1) is 18.2. The van der Waals surface area contributed by atoms with Crippen LogP contribution in [-0.2, 0) is 13.1 Å². The Kier molecular flexibility index (Phi) is 5.97. The first-order valence-electron chi connectivity index (χ1n) is 12.1. The second-order valence-electron chi connectivity index (χ2n) is 9.59. The van der Waals surface area contributed by atoms with Gasteiger partial charge in [0, 0.05) is 49.1 Å². The van der Waals surface area contributed by atoms with Crippen molar-refractivity contribution in [3.63, 3.8) is 0 Å². The zero-order chi connectivity index (χ0) is 26.4. The SMILES string of the molecule is O=[N+]([O-])c1cn2c(n1)OC[C@@H](NCc1ccc(N3CC4CC3CN4c3ccc(OC(F)(F)F)cc3)nc1)C2. The van der Waals surface area contributed by atoms with Crippen LogP contribution in [0.1, 0.15) is 12.0 Å². The molecule has 0 saturated carbocycles. The van der Waals surface area contributed by atoms with Crippen molar-refractivity contribution in [2.45, 2.75) is 44.0 Å². The van der Waals surface area contributed by atoms with Crippen molar-refractivity contribution < 1.29 is 27.6 Å². The fourth-order valence-corrected chi connectivity index (χ4v) is 5.36. The highest BCUT2D eigenvalue weighted by molar-refractivity contribution is 5.56. The summed E-state index contributed by atoms with van der Waals surface area (Å²) in [7, 11) is 0. The van der Waals surface area contributed by atoms with E-state index in [0.29, 0.717) is 19.7 Å². The fraction of sp³-hybridized carbons (Fsp3) is 0.417. The number of hydrogen-bond acceptors (Lipinski definition) is 9. The zero-order valence-electron chi connectivity index (χ0n) is 20.0. The molecule has 200 valence electrons. The van der Waals surface area contributed by atoms with Crippen molar-refractivity contribution >= 4 is 17.3 Å². The van der Waals surface area contributed by atoms with Crippen LogP contribution in [0.4, 0.5) is 30.5 Å².